The van der Waals surface area contributed by atoms with Gasteiger partial charge in [0.2, 0.25) is 0 Å². The second kappa shape index (κ2) is 3.19. The summed E-state index contributed by atoms with van der Waals surface area (Å²) in [5.74, 6) is -0.229. The molecule has 0 unspecified atom stereocenters. The molecule has 72 valence electrons. The first-order valence-corrected chi connectivity index (χ1v) is 4.21. The molecule has 0 aliphatic heterocycles. The highest BCUT2D eigenvalue weighted by atomic mass is 35.5. The van der Waals surface area contributed by atoms with Crippen molar-refractivity contribution >= 4 is 34.7 Å². The second-order valence-electron chi connectivity index (χ2n) is 2.64. The van der Waals surface area contributed by atoms with E-state index in [0.29, 0.717) is 16.1 Å². The molecule has 0 fully saturated rings. The minimum atomic E-state index is -0.229. The lowest BCUT2D eigenvalue weighted by molar-refractivity contribution is 0.624. The fraction of sp³-hybridized carbons (Fsp3) is 0. The van der Waals surface area contributed by atoms with Gasteiger partial charge < -0.3 is 10.2 Å². The summed E-state index contributed by atoms with van der Waals surface area (Å²) in [7, 11) is 0. The van der Waals surface area contributed by atoms with Gasteiger partial charge in [0.1, 0.15) is 5.52 Å². The molecule has 5 nitrogen and oxygen atoms in total. The third-order valence-electron chi connectivity index (χ3n) is 1.61. The van der Waals surface area contributed by atoms with E-state index in [-0.39, 0.29) is 12.0 Å². The van der Waals surface area contributed by atoms with Crippen molar-refractivity contribution in [2.24, 2.45) is 5.73 Å². The van der Waals surface area contributed by atoms with E-state index in [4.69, 9.17) is 27.2 Å². The van der Waals surface area contributed by atoms with Crippen molar-refractivity contribution in [1.82, 2.24) is 4.98 Å². The first-order valence-electron chi connectivity index (χ1n) is 3.83. The van der Waals surface area contributed by atoms with Crippen LogP contribution in [0.5, 0.6) is 0 Å². The summed E-state index contributed by atoms with van der Waals surface area (Å²) in [6.07, 6.45) is 0. The quantitative estimate of drug-likeness (QED) is 0.495. The van der Waals surface area contributed by atoms with Gasteiger partial charge in [0, 0.05) is 0 Å². The van der Waals surface area contributed by atoms with Crippen molar-refractivity contribution in [3.05, 3.63) is 23.2 Å². The molecule has 14 heavy (non-hydrogen) atoms. The van der Waals surface area contributed by atoms with Gasteiger partial charge in [0.15, 0.2) is 11.5 Å². The first kappa shape index (κ1) is 8.83. The number of hydrogen-bond acceptors (Lipinski definition) is 3. The molecule has 1 heterocycles. The number of benzene rings is 1. The molecular formula is C8H7ClN4O. The minimum Gasteiger partial charge on any atom is -0.423 e. The zero-order chi connectivity index (χ0) is 10.1. The van der Waals surface area contributed by atoms with E-state index in [1.165, 1.54) is 0 Å². The molecule has 0 bridgehead atoms. The minimum absolute atomic E-state index is 0.167. The van der Waals surface area contributed by atoms with Crippen LogP contribution in [0.2, 0.25) is 5.02 Å². The van der Waals surface area contributed by atoms with Gasteiger partial charge in [-0.2, -0.15) is 4.98 Å². The summed E-state index contributed by atoms with van der Waals surface area (Å²) in [4.78, 5) is 4.02. The number of nitrogens with two attached hydrogens (primary N) is 1. The van der Waals surface area contributed by atoms with Crippen LogP contribution in [0.4, 0.5) is 6.01 Å². The van der Waals surface area contributed by atoms with Gasteiger partial charge in [-0.25, -0.2) is 0 Å². The summed E-state index contributed by atoms with van der Waals surface area (Å²) >= 11 is 5.87. The largest absolute Gasteiger partial charge is 0.423 e. The fourth-order valence-corrected chi connectivity index (χ4v) is 1.29. The predicted octanol–water partition coefficient (Wildman–Crippen LogP) is 1.79. The van der Waals surface area contributed by atoms with Gasteiger partial charge in [-0.1, -0.05) is 17.7 Å². The summed E-state index contributed by atoms with van der Waals surface area (Å²) in [5.41, 5.74) is 6.23. The van der Waals surface area contributed by atoms with Crippen LogP contribution in [0.1, 0.15) is 0 Å². The molecule has 2 aromatic rings. The topological polar surface area (TPSA) is 87.9 Å². The fourth-order valence-electron chi connectivity index (χ4n) is 1.08. The van der Waals surface area contributed by atoms with Crippen molar-refractivity contribution in [3.63, 3.8) is 0 Å². The molecule has 0 radical (unpaired) electrons. The van der Waals surface area contributed by atoms with Crippen LogP contribution in [-0.4, -0.2) is 10.9 Å². The summed E-state index contributed by atoms with van der Waals surface area (Å²) < 4.78 is 5.23. The van der Waals surface area contributed by atoms with Crippen LogP contribution in [-0.2, 0) is 0 Å². The van der Waals surface area contributed by atoms with Gasteiger partial charge in [-0.05, 0) is 12.1 Å². The smallest absolute Gasteiger partial charge is 0.302 e. The monoisotopic (exact) mass is 210 g/mol. The third kappa shape index (κ3) is 1.49. The molecule has 6 heteroatoms. The molecule has 0 spiro atoms. The highest BCUT2D eigenvalue weighted by Gasteiger charge is 2.08. The van der Waals surface area contributed by atoms with E-state index in [2.05, 4.69) is 10.3 Å². The van der Waals surface area contributed by atoms with Crippen molar-refractivity contribution in [1.29, 1.82) is 5.41 Å². The Morgan fingerprint density at radius 3 is 3.00 bits per heavy atom. The first-order chi connectivity index (χ1) is 6.66. The Bertz CT molecular complexity index is 493. The molecule has 0 saturated carbocycles. The van der Waals surface area contributed by atoms with Crippen molar-refractivity contribution in [2.45, 2.75) is 0 Å². The van der Waals surface area contributed by atoms with E-state index < -0.39 is 0 Å². The second-order valence-corrected chi connectivity index (χ2v) is 3.05. The SMILES string of the molecule is N=C(N)Nc1nc2c(Cl)cccc2o1. The number of hydrogen-bond donors (Lipinski definition) is 3. The van der Waals surface area contributed by atoms with Gasteiger partial charge >= 0.3 is 6.01 Å². The van der Waals surface area contributed by atoms with Crippen molar-refractivity contribution < 1.29 is 4.42 Å². The lowest BCUT2D eigenvalue weighted by Gasteiger charge is -1.93. The van der Waals surface area contributed by atoms with Crippen LogP contribution >= 0.6 is 11.6 Å². The maximum absolute atomic E-state index is 6.99. The molecule has 0 aliphatic carbocycles. The number of rotatable bonds is 1. The average molecular weight is 211 g/mol. The Balaban J connectivity index is 2.51. The lowest BCUT2D eigenvalue weighted by Crippen LogP contribution is -2.20. The number of halogens is 1. The summed E-state index contributed by atoms with van der Waals surface area (Å²) in [6.45, 7) is 0. The Morgan fingerprint density at radius 2 is 2.36 bits per heavy atom. The van der Waals surface area contributed by atoms with E-state index in [9.17, 15) is 0 Å². The Kier molecular flexibility index (Phi) is 2.01. The average Bonchev–Trinajstić information content (AvgIpc) is 2.47. The van der Waals surface area contributed by atoms with E-state index in [0.717, 1.165) is 0 Å². The molecule has 0 amide bonds. The van der Waals surface area contributed by atoms with Crippen LogP contribution in [0.3, 0.4) is 0 Å². The van der Waals surface area contributed by atoms with Crippen LogP contribution < -0.4 is 11.1 Å². The normalized spacial score (nSPS) is 10.4. The summed E-state index contributed by atoms with van der Waals surface area (Å²) in [6, 6.07) is 5.37. The van der Waals surface area contributed by atoms with Gasteiger partial charge in [0.05, 0.1) is 5.02 Å². The molecule has 1 aromatic heterocycles. The molecule has 1 aromatic carbocycles. The summed E-state index contributed by atoms with van der Waals surface area (Å²) in [5, 5.41) is 9.94. The molecule has 0 atom stereocenters. The molecule has 2 rings (SSSR count). The van der Waals surface area contributed by atoms with Gasteiger partial charge in [-0.3, -0.25) is 10.7 Å². The number of anilines is 1. The van der Waals surface area contributed by atoms with Gasteiger partial charge in [0.25, 0.3) is 0 Å². The molecule has 0 aliphatic rings. The van der Waals surface area contributed by atoms with Crippen molar-refractivity contribution in [3.8, 4) is 0 Å². The predicted molar refractivity (Wildman–Crippen MR) is 54.6 cm³/mol. The standard InChI is InChI=1S/C8H7ClN4O/c9-4-2-1-3-5-6(4)12-8(14-5)13-7(10)11/h1-3H,(H4,10,11,12,13). The Labute approximate surface area is 84.4 Å². The van der Waals surface area contributed by atoms with Gasteiger partial charge in [-0.15, -0.1) is 0 Å². The maximum Gasteiger partial charge on any atom is 0.302 e. The highest BCUT2D eigenvalue weighted by molar-refractivity contribution is 6.34. The zero-order valence-corrected chi connectivity index (χ0v) is 7.80. The maximum atomic E-state index is 6.99. The number of para-hydroxylation sites is 1. The van der Waals surface area contributed by atoms with Crippen LogP contribution in [0.25, 0.3) is 11.1 Å². The number of oxazole rings is 1. The van der Waals surface area contributed by atoms with Crippen molar-refractivity contribution in [2.75, 3.05) is 5.32 Å². The van der Waals surface area contributed by atoms with Crippen LogP contribution in [0, 0.1) is 5.41 Å². The highest BCUT2D eigenvalue weighted by Crippen LogP contribution is 2.25. The molecule has 4 N–H and O–H groups in total. The van der Waals surface area contributed by atoms with E-state index in [1.807, 2.05) is 0 Å². The van der Waals surface area contributed by atoms with E-state index in [1.54, 1.807) is 18.2 Å². The number of nitrogens with one attached hydrogen (secondary N) is 2. The number of nitrogens with zero attached hydrogens (tertiary/aromatic N) is 1. The molecular weight excluding hydrogens is 204 g/mol. The number of aromatic nitrogens is 1. The van der Waals surface area contributed by atoms with Crippen LogP contribution in [0.15, 0.2) is 22.6 Å². The third-order valence-corrected chi connectivity index (χ3v) is 1.92. The lowest BCUT2D eigenvalue weighted by atomic mass is 10.3. The number of fused-ring (bicyclic) bond motifs is 1. The number of guanidine groups is 1. The molecule has 0 saturated heterocycles. The van der Waals surface area contributed by atoms with E-state index >= 15 is 0 Å². The zero-order valence-electron chi connectivity index (χ0n) is 7.04. The Hall–Kier alpha value is -1.75. The Morgan fingerprint density at radius 1 is 1.57 bits per heavy atom.